The molecule has 1 aliphatic rings. The van der Waals surface area contributed by atoms with Crippen LogP contribution in [0.2, 0.25) is 0 Å². The number of sulfone groups is 1. The maximum Gasteiger partial charge on any atom is 0.224 e. The number of rotatable bonds is 6. The normalized spacial score (nSPS) is 18.8. The molecule has 1 atom stereocenters. The smallest absolute Gasteiger partial charge is 0.224 e. The highest BCUT2D eigenvalue weighted by Gasteiger charge is 2.33. The first-order chi connectivity index (χ1) is 11.7. The lowest BCUT2D eigenvalue weighted by atomic mass is 10.2. The third-order valence-corrected chi connectivity index (χ3v) is 6.30. The van der Waals surface area contributed by atoms with Crippen molar-refractivity contribution in [3.05, 3.63) is 29.8 Å². The van der Waals surface area contributed by atoms with Crippen molar-refractivity contribution in [1.82, 2.24) is 4.90 Å². The van der Waals surface area contributed by atoms with Gasteiger partial charge in [-0.15, -0.1) is 0 Å². The summed E-state index contributed by atoms with van der Waals surface area (Å²) in [5, 5.41) is 0. The highest BCUT2D eigenvalue weighted by molar-refractivity contribution is 7.91. The van der Waals surface area contributed by atoms with Crippen LogP contribution < -0.4 is 4.90 Å². The number of hydrogen-bond acceptors (Lipinski definition) is 4. The Labute approximate surface area is 149 Å². The second-order valence-electron chi connectivity index (χ2n) is 6.50. The van der Waals surface area contributed by atoms with Gasteiger partial charge in [0, 0.05) is 38.2 Å². The molecule has 1 saturated heterocycles. The zero-order valence-electron chi connectivity index (χ0n) is 15.1. The van der Waals surface area contributed by atoms with Gasteiger partial charge in [-0.3, -0.25) is 9.59 Å². The maximum absolute atomic E-state index is 12.6. The molecule has 7 heteroatoms. The van der Waals surface area contributed by atoms with Crippen LogP contribution in [0.4, 0.5) is 5.69 Å². The number of nitrogens with zero attached hydrogens (tertiary/aromatic N) is 2. The van der Waals surface area contributed by atoms with Crippen molar-refractivity contribution in [1.29, 1.82) is 0 Å². The van der Waals surface area contributed by atoms with E-state index >= 15 is 0 Å². The summed E-state index contributed by atoms with van der Waals surface area (Å²) in [6.45, 7) is 6.05. The zero-order chi connectivity index (χ0) is 18.6. The van der Waals surface area contributed by atoms with Gasteiger partial charge in [0.05, 0.1) is 11.5 Å². The molecule has 0 radical (unpaired) electrons. The summed E-state index contributed by atoms with van der Waals surface area (Å²) in [5.41, 5.74) is 1.81. The van der Waals surface area contributed by atoms with E-state index < -0.39 is 9.84 Å². The first kappa shape index (κ1) is 19.4. The van der Waals surface area contributed by atoms with Crippen LogP contribution in [0, 0.1) is 6.92 Å². The summed E-state index contributed by atoms with van der Waals surface area (Å²) < 4.78 is 23.3. The van der Waals surface area contributed by atoms with Crippen LogP contribution in [0.25, 0.3) is 0 Å². The van der Waals surface area contributed by atoms with E-state index in [-0.39, 0.29) is 42.3 Å². The number of benzene rings is 1. The van der Waals surface area contributed by atoms with Crippen molar-refractivity contribution in [2.45, 2.75) is 39.7 Å². The fourth-order valence-electron chi connectivity index (χ4n) is 3.27. The minimum atomic E-state index is -3.03. The van der Waals surface area contributed by atoms with Gasteiger partial charge in [-0.2, -0.15) is 0 Å². The van der Waals surface area contributed by atoms with Crippen LogP contribution in [-0.2, 0) is 19.4 Å². The molecule has 1 heterocycles. The molecule has 0 aromatic heterocycles. The number of carbonyl (C=O) groups is 2. The molecule has 1 unspecified atom stereocenters. The molecule has 6 nitrogen and oxygen atoms in total. The van der Waals surface area contributed by atoms with Crippen molar-refractivity contribution >= 4 is 27.3 Å². The van der Waals surface area contributed by atoms with Crippen LogP contribution in [0.5, 0.6) is 0 Å². The van der Waals surface area contributed by atoms with E-state index in [2.05, 4.69) is 0 Å². The lowest BCUT2D eigenvalue weighted by Gasteiger charge is -2.28. The summed E-state index contributed by atoms with van der Waals surface area (Å²) >= 11 is 0. The first-order valence-corrected chi connectivity index (χ1v) is 10.4. The summed E-state index contributed by atoms with van der Waals surface area (Å²) in [7, 11) is -3.03. The van der Waals surface area contributed by atoms with Gasteiger partial charge in [0.1, 0.15) is 0 Å². The topological polar surface area (TPSA) is 74.8 Å². The van der Waals surface area contributed by atoms with E-state index in [0.717, 1.165) is 11.3 Å². The Hall–Kier alpha value is -1.89. The molecule has 0 bridgehead atoms. The van der Waals surface area contributed by atoms with E-state index in [1.165, 1.54) is 6.92 Å². The SMILES string of the molecule is CCN(C(=O)CCN(C(C)=O)c1cccc(C)c1)C1CCS(=O)(=O)C1. The Kier molecular flexibility index (Phi) is 6.21. The first-order valence-electron chi connectivity index (χ1n) is 8.58. The monoisotopic (exact) mass is 366 g/mol. The molecule has 138 valence electrons. The van der Waals surface area contributed by atoms with E-state index in [0.29, 0.717) is 13.0 Å². The van der Waals surface area contributed by atoms with Crippen molar-refractivity contribution < 1.29 is 18.0 Å². The fraction of sp³-hybridized carbons (Fsp3) is 0.556. The fourth-order valence-corrected chi connectivity index (χ4v) is 5.01. The molecule has 0 spiro atoms. The molecule has 2 amide bonds. The zero-order valence-corrected chi connectivity index (χ0v) is 15.9. The minimum Gasteiger partial charge on any atom is -0.339 e. The van der Waals surface area contributed by atoms with Crippen LogP contribution in [0.1, 0.15) is 32.3 Å². The number of anilines is 1. The van der Waals surface area contributed by atoms with Crippen LogP contribution in [-0.4, -0.2) is 55.8 Å². The lowest BCUT2D eigenvalue weighted by molar-refractivity contribution is -0.132. The van der Waals surface area contributed by atoms with Crippen molar-refractivity contribution in [3.63, 3.8) is 0 Å². The number of amides is 2. The maximum atomic E-state index is 12.6. The highest BCUT2D eigenvalue weighted by Crippen LogP contribution is 2.20. The summed E-state index contributed by atoms with van der Waals surface area (Å²) in [4.78, 5) is 27.8. The third kappa shape index (κ3) is 5.04. The van der Waals surface area contributed by atoms with Gasteiger partial charge in [0.15, 0.2) is 9.84 Å². The Morgan fingerprint density at radius 3 is 2.52 bits per heavy atom. The molecule has 1 aromatic rings. The van der Waals surface area contributed by atoms with Crippen LogP contribution in [0.15, 0.2) is 24.3 Å². The molecular formula is C18H26N2O4S. The average Bonchev–Trinajstić information content (AvgIpc) is 2.88. The molecule has 0 N–H and O–H groups in total. The van der Waals surface area contributed by atoms with Crippen LogP contribution in [0.3, 0.4) is 0 Å². The standard InChI is InChI=1S/C18H26N2O4S/c1-4-19(17-9-11-25(23,24)13-17)18(22)8-10-20(15(3)21)16-7-5-6-14(2)12-16/h5-7,12,17H,4,8-11,13H2,1-3H3. The van der Waals surface area contributed by atoms with Crippen molar-refractivity contribution in [3.8, 4) is 0 Å². The van der Waals surface area contributed by atoms with E-state index in [1.54, 1.807) is 9.80 Å². The summed E-state index contributed by atoms with van der Waals surface area (Å²) in [5.74, 6) is -0.0426. The minimum absolute atomic E-state index is 0.0425. The second kappa shape index (κ2) is 7.99. The van der Waals surface area contributed by atoms with Crippen LogP contribution >= 0.6 is 0 Å². The lowest BCUT2D eigenvalue weighted by Crippen LogP contribution is -2.42. The van der Waals surface area contributed by atoms with E-state index in [9.17, 15) is 18.0 Å². The Bertz CT molecular complexity index is 745. The second-order valence-corrected chi connectivity index (χ2v) is 8.72. The molecule has 0 aliphatic carbocycles. The Morgan fingerprint density at radius 1 is 1.28 bits per heavy atom. The molecule has 0 saturated carbocycles. The predicted molar refractivity (Wildman–Crippen MR) is 98.3 cm³/mol. The van der Waals surface area contributed by atoms with E-state index in [1.807, 2.05) is 38.1 Å². The molecule has 25 heavy (non-hydrogen) atoms. The van der Waals surface area contributed by atoms with Crippen molar-refractivity contribution in [2.24, 2.45) is 0 Å². The van der Waals surface area contributed by atoms with Gasteiger partial charge >= 0.3 is 0 Å². The Balaban J connectivity index is 2.04. The van der Waals surface area contributed by atoms with Gasteiger partial charge in [-0.1, -0.05) is 12.1 Å². The van der Waals surface area contributed by atoms with E-state index in [4.69, 9.17) is 0 Å². The molecular weight excluding hydrogens is 340 g/mol. The molecule has 2 rings (SSSR count). The number of aryl methyl sites for hydroxylation is 1. The van der Waals surface area contributed by atoms with Gasteiger partial charge in [-0.05, 0) is 38.0 Å². The van der Waals surface area contributed by atoms with Gasteiger partial charge in [-0.25, -0.2) is 8.42 Å². The molecule has 1 fully saturated rings. The number of hydrogen-bond donors (Lipinski definition) is 0. The summed E-state index contributed by atoms with van der Waals surface area (Å²) in [6, 6.07) is 7.34. The summed E-state index contributed by atoms with van der Waals surface area (Å²) in [6.07, 6.45) is 0.675. The molecule has 1 aliphatic heterocycles. The van der Waals surface area contributed by atoms with Crippen molar-refractivity contribution in [2.75, 3.05) is 29.5 Å². The number of carbonyl (C=O) groups excluding carboxylic acids is 2. The third-order valence-electron chi connectivity index (χ3n) is 4.55. The Morgan fingerprint density at radius 2 is 2.00 bits per heavy atom. The average molecular weight is 366 g/mol. The largest absolute Gasteiger partial charge is 0.339 e. The quantitative estimate of drug-likeness (QED) is 0.769. The van der Waals surface area contributed by atoms with Gasteiger partial charge in [0.2, 0.25) is 11.8 Å². The van der Waals surface area contributed by atoms with Gasteiger partial charge < -0.3 is 9.80 Å². The predicted octanol–water partition coefficient (Wildman–Crippen LogP) is 1.77. The molecule has 1 aromatic carbocycles. The highest BCUT2D eigenvalue weighted by atomic mass is 32.2. The van der Waals surface area contributed by atoms with Gasteiger partial charge in [0.25, 0.3) is 0 Å².